The average Bonchev–Trinajstić information content (AvgIpc) is 3.18. The Balaban J connectivity index is 1.82. The number of fused-ring (bicyclic) bond motifs is 1. The van der Waals surface area contributed by atoms with Gasteiger partial charge in [-0.15, -0.1) is 0 Å². The van der Waals surface area contributed by atoms with Crippen molar-refractivity contribution in [1.82, 2.24) is 4.98 Å². The molecule has 5 rings (SSSR count). The number of hydrogen-bond donors (Lipinski definition) is 0. The zero-order valence-corrected chi connectivity index (χ0v) is 18.4. The van der Waals surface area contributed by atoms with Gasteiger partial charge in [-0.25, -0.2) is 4.98 Å². The standard InChI is InChI=1S/C29H25NO/c1-18-14-20(3)27(21(4)15-18)23-16-25(24-13-9-8-10-19(24)2)28-26(17-23)31-29(30-28)22-11-6-5-7-12-22/h5-17H,1-4H3. The zero-order valence-electron chi connectivity index (χ0n) is 18.4. The molecule has 0 saturated heterocycles. The molecule has 0 aliphatic carbocycles. The van der Waals surface area contributed by atoms with E-state index in [0.717, 1.165) is 27.8 Å². The summed E-state index contributed by atoms with van der Waals surface area (Å²) in [6.07, 6.45) is 0. The van der Waals surface area contributed by atoms with Gasteiger partial charge in [-0.2, -0.15) is 0 Å². The second-order valence-corrected chi connectivity index (χ2v) is 8.34. The van der Waals surface area contributed by atoms with Gasteiger partial charge in [0.25, 0.3) is 0 Å². The second-order valence-electron chi connectivity index (χ2n) is 8.34. The van der Waals surface area contributed by atoms with Crippen LogP contribution in [0.5, 0.6) is 0 Å². The molecule has 152 valence electrons. The molecule has 5 aromatic rings. The fourth-order valence-corrected chi connectivity index (χ4v) is 4.59. The van der Waals surface area contributed by atoms with Gasteiger partial charge in [-0.1, -0.05) is 60.2 Å². The molecule has 0 radical (unpaired) electrons. The molecule has 0 unspecified atom stereocenters. The Labute approximate surface area is 183 Å². The number of aryl methyl sites for hydroxylation is 4. The summed E-state index contributed by atoms with van der Waals surface area (Å²) in [6, 6.07) is 27.5. The van der Waals surface area contributed by atoms with E-state index in [-0.39, 0.29) is 0 Å². The van der Waals surface area contributed by atoms with Crippen LogP contribution < -0.4 is 0 Å². The van der Waals surface area contributed by atoms with Crippen LogP contribution in [0.1, 0.15) is 22.3 Å². The molecular weight excluding hydrogens is 378 g/mol. The van der Waals surface area contributed by atoms with Crippen LogP contribution in [0.3, 0.4) is 0 Å². The third kappa shape index (κ3) is 3.44. The van der Waals surface area contributed by atoms with E-state index < -0.39 is 0 Å². The molecular formula is C29H25NO. The maximum atomic E-state index is 6.31. The lowest BCUT2D eigenvalue weighted by Gasteiger charge is -2.14. The van der Waals surface area contributed by atoms with Crippen molar-refractivity contribution >= 4 is 11.1 Å². The molecule has 1 heterocycles. The van der Waals surface area contributed by atoms with Crippen molar-refractivity contribution < 1.29 is 4.42 Å². The van der Waals surface area contributed by atoms with E-state index in [2.05, 4.69) is 76.2 Å². The first kappa shape index (κ1) is 19.3. The van der Waals surface area contributed by atoms with Crippen LogP contribution in [-0.2, 0) is 0 Å². The summed E-state index contributed by atoms with van der Waals surface area (Å²) in [7, 11) is 0. The Morgan fingerprint density at radius 3 is 2.00 bits per heavy atom. The third-order valence-electron chi connectivity index (χ3n) is 5.92. The van der Waals surface area contributed by atoms with E-state index in [4.69, 9.17) is 9.40 Å². The molecule has 0 amide bonds. The van der Waals surface area contributed by atoms with Crippen molar-refractivity contribution in [2.75, 3.05) is 0 Å². The highest BCUT2D eigenvalue weighted by molar-refractivity contribution is 5.97. The van der Waals surface area contributed by atoms with Crippen molar-refractivity contribution in [2.45, 2.75) is 27.7 Å². The molecule has 2 nitrogen and oxygen atoms in total. The van der Waals surface area contributed by atoms with Gasteiger partial charge in [0, 0.05) is 11.1 Å². The van der Waals surface area contributed by atoms with Gasteiger partial charge in [0.15, 0.2) is 5.58 Å². The van der Waals surface area contributed by atoms with Gasteiger partial charge in [0.2, 0.25) is 5.89 Å². The van der Waals surface area contributed by atoms with Gasteiger partial charge in [0.05, 0.1) is 0 Å². The molecule has 0 spiro atoms. The van der Waals surface area contributed by atoms with Crippen LogP contribution in [0.4, 0.5) is 0 Å². The van der Waals surface area contributed by atoms with Crippen molar-refractivity contribution in [3.8, 4) is 33.7 Å². The summed E-state index contributed by atoms with van der Waals surface area (Å²) in [5.74, 6) is 0.653. The second kappa shape index (κ2) is 7.55. The average molecular weight is 404 g/mol. The lowest BCUT2D eigenvalue weighted by Crippen LogP contribution is -1.92. The van der Waals surface area contributed by atoms with E-state index in [1.807, 2.05) is 30.3 Å². The molecule has 0 aliphatic heterocycles. The van der Waals surface area contributed by atoms with Gasteiger partial charge < -0.3 is 4.42 Å². The minimum atomic E-state index is 0.653. The molecule has 1 aromatic heterocycles. The van der Waals surface area contributed by atoms with Crippen molar-refractivity contribution in [3.63, 3.8) is 0 Å². The molecule has 0 saturated carbocycles. The Morgan fingerprint density at radius 1 is 0.613 bits per heavy atom. The van der Waals surface area contributed by atoms with E-state index in [1.54, 1.807) is 0 Å². The Morgan fingerprint density at radius 2 is 1.29 bits per heavy atom. The fourth-order valence-electron chi connectivity index (χ4n) is 4.59. The monoisotopic (exact) mass is 403 g/mol. The first-order chi connectivity index (χ1) is 15.0. The Hall–Kier alpha value is -3.65. The summed E-state index contributed by atoms with van der Waals surface area (Å²) in [6.45, 7) is 8.66. The topological polar surface area (TPSA) is 26.0 Å². The van der Waals surface area contributed by atoms with E-state index in [9.17, 15) is 0 Å². The highest BCUT2D eigenvalue weighted by atomic mass is 16.3. The maximum Gasteiger partial charge on any atom is 0.227 e. The van der Waals surface area contributed by atoms with Crippen LogP contribution >= 0.6 is 0 Å². The molecule has 0 N–H and O–H groups in total. The molecule has 2 heteroatoms. The van der Waals surface area contributed by atoms with E-state index >= 15 is 0 Å². The Bertz CT molecular complexity index is 1390. The van der Waals surface area contributed by atoms with Crippen molar-refractivity contribution in [2.24, 2.45) is 0 Å². The van der Waals surface area contributed by atoms with Gasteiger partial charge >= 0.3 is 0 Å². The first-order valence-corrected chi connectivity index (χ1v) is 10.7. The minimum absolute atomic E-state index is 0.653. The highest BCUT2D eigenvalue weighted by Gasteiger charge is 2.18. The van der Waals surface area contributed by atoms with Gasteiger partial charge in [-0.3, -0.25) is 0 Å². The highest BCUT2D eigenvalue weighted by Crippen LogP contribution is 2.39. The normalized spacial score (nSPS) is 11.2. The van der Waals surface area contributed by atoms with Crippen molar-refractivity contribution in [3.05, 3.63) is 101 Å². The SMILES string of the molecule is Cc1cc(C)c(-c2cc(-c3ccccc3C)c3nc(-c4ccccc4)oc3c2)c(C)c1. The lowest BCUT2D eigenvalue weighted by molar-refractivity contribution is 0.620. The third-order valence-corrected chi connectivity index (χ3v) is 5.92. The van der Waals surface area contributed by atoms with Gasteiger partial charge in [0.1, 0.15) is 5.52 Å². The van der Waals surface area contributed by atoms with Crippen LogP contribution in [-0.4, -0.2) is 4.98 Å². The maximum absolute atomic E-state index is 6.31. The van der Waals surface area contributed by atoms with E-state index in [1.165, 1.54) is 33.4 Å². The first-order valence-electron chi connectivity index (χ1n) is 10.7. The molecule has 4 aromatic carbocycles. The van der Waals surface area contributed by atoms with E-state index in [0.29, 0.717) is 5.89 Å². The summed E-state index contributed by atoms with van der Waals surface area (Å²) >= 11 is 0. The quantitative estimate of drug-likeness (QED) is 0.304. The molecule has 0 fully saturated rings. The van der Waals surface area contributed by atoms with Crippen LogP contribution in [0.15, 0.2) is 83.3 Å². The predicted molar refractivity (Wildman–Crippen MR) is 129 cm³/mol. The number of rotatable bonds is 3. The molecule has 0 atom stereocenters. The smallest absolute Gasteiger partial charge is 0.227 e. The van der Waals surface area contributed by atoms with Crippen molar-refractivity contribution in [1.29, 1.82) is 0 Å². The van der Waals surface area contributed by atoms with Crippen LogP contribution in [0.2, 0.25) is 0 Å². The zero-order chi connectivity index (χ0) is 21.5. The number of hydrogen-bond acceptors (Lipinski definition) is 2. The van der Waals surface area contributed by atoms with Crippen LogP contribution in [0, 0.1) is 27.7 Å². The lowest BCUT2D eigenvalue weighted by atomic mass is 9.90. The summed E-state index contributed by atoms with van der Waals surface area (Å²) in [5.41, 5.74) is 12.5. The number of oxazole rings is 1. The summed E-state index contributed by atoms with van der Waals surface area (Å²) in [4.78, 5) is 4.93. The summed E-state index contributed by atoms with van der Waals surface area (Å²) in [5, 5.41) is 0. The summed E-state index contributed by atoms with van der Waals surface area (Å²) < 4.78 is 6.31. The van der Waals surface area contributed by atoms with Crippen LogP contribution in [0.25, 0.3) is 44.8 Å². The number of nitrogens with zero attached hydrogens (tertiary/aromatic N) is 1. The minimum Gasteiger partial charge on any atom is -0.436 e. The molecule has 0 aliphatic rings. The predicted octanol–water partition coefficient (Wildman–Crippen LogP) is 8.06. The number of aromatic nitrogens is 1. The largest absolute Gasteiger partial charge is 0.436 e. The molecule has 0 bridgehead atoms. The van der Waals surface area contributed by atoms with Gasteiger partial charge in [-0.05, 0) is 85.3 Å². The Kier molecular flexibility index (Phi) is 4.71. The number of benzene rings is 4. The fraction of sp³-hybridized carbons (Fsp3) is 0.138. The molecule has 31 heavy (non-hydrogen) atoms.